The fourth-order valence-corrected chi connectivity index (χ4v) is 1.74. The number of hydrogen-bond acceptors (Lipinski definition) is 2. The smallest absolute Gasteiger partial charge is 0.160 e. The van der Waals surface area contributed by atoms with Crippen LogP contribution in [0.15, 0.2) is 30.3 Å². The monoisotopic (exact) mass is 281 g/mol. The molecule has 0 spiro atoms. The molecule has 2 N–H and O–H groups in total. The fraction of sp³-hybridized carbons (Fsp3) is 0.647. The van der Waals surface area contributed by atoms with Crippen molar-refractivity contribution < 1.29 is 14.6 Å². The van der Waals surface area contributed by atoms with Gasteiger partial charge in [-0.25, -0.2) is 0 Å². The molecule has 0 fully saturated rings. The maximum Gasteiger partial charge on any atom is 0.160 e. The van der Waals surface area contributed by atoms with E-state index in [4.69, 9.17) is 14.6 Å². The van der Waals surface area contributed by atoms with E-state index in [0.29, 0.717) is 19.8 Å². The molecule has 0 saturated heterocycles. The first-order chi connectivity index (χ1) is 9.29. The summed E-state index contributed by atoms with van der Waals surface area (Å²) < 4.78 is 11.5. The van der Waals surface area contributed by atoms with Gasteiger partial charge in [0.1, 0.15) is 0 Å². The van der Waals surface area contributed by atoms with Crippen LogP contribution in [0.1, 0.15) is 46.1 Å². The summed E-state index contributed by atoms with van der Waals surface area (Å²) in [6.45, 7) is 9.94. The molecule has 0 heterocycles. The quantitative estimate of drug-likeness (QED) is 0.515. The van der Waals surface area contributed by atoms with Gasteiger partial charge in [-0.2, -0.15) is 0 Å². The maximum absolute atomic E-state index is 7.80. The molecule has 0 aromatic heterocycles. The van der Waals surface area contributed by atoms with E-state index in [2.05, 4.69) is 26.0 Å². The normalized spacial score (nSPS) is 12.7. The predicted octanol–water partition coefficient (Wildman–Crippen LogP) is 3.28. The van der Waals surface area contributed by atoms with Crippen molar-refractivity contribution in [1.82, 2.24) is 0 Å². The Kier molecular flexibility index (Phi) is 6.66. The van der Waals surface area contributed by atoms with E-state index < -0.39 is 5.60 Å². The van der Waals surface area contributed by atoms with Gasteiger partial charge in [0.25, 0.3) is 0 Å². The number of hydrogen-bond donors (Lipinski definition) is 0. The Bertz CT molecular complexity index is 366. The van der Waals surface area contributed by atoms with E-state index in [1.165, 1.54) is 5.56 Å². The summed E-state index contributed by atoms with van der Waals surface area (Å²) in [6.07, 6.45) is 1.61. The molecule has 0 aliphatic carbocycles. The van der Waals surface area contributed by atoms with Gasteiger partial charge in [0, 0.05) is 26.9 Å². The van der Waals surface area contributed by atoms with E-state index in [1.54, 1.807) is 0 Å². The Balaban J connectivity index is 2.16. The third-order valence-corrected chi connectivity index (χ3v) is 3.18. The molecule has 1 aromatic rings. The minimum absolute atomic E-state index is 0.193. The van der Waals surface area contributed by atoms with Crippen LogP contribution in [-0.2, 0) is 16.1 Å². The van der Waals surface area contributed by atoms with Gasteiger partial charge < -0.3 is 14.6 Å². The first-order valence-electron chi connectivity index (χ1n) is 7.29. The number of benzene rings is 1. The average molecular weight is 281 g/mol. The lowest BCUT2D eigenvalue weighted by atomic mass is 10.0. The molecule has 0 aliphatic heterocycles. The van der Waals surface area contributed by atoms with Crippen LogP contribution in [-0.4, -0.2) is 29.5 Å². The lowest BCUT2D eigenvalue weighted by molar-refractivity contribution is -0.0623. The molecule has 114 valence electrons. The van der Waals surface area contributed by atoms with Crippen LogP contribution < -0.4 is 0 Å². The van der Waals surface area contributed by atoms with Crippen LogP contribution >= 0.6 is 0 Å². The first-order valence-corrected chi connectivity index (χ1v) is 7.29. The van der Waals surface area contributed by atoms with Crippen molar-refractivity contribution in [2.45, 2.75) is 58.3 Å². The second kappa shape index (κ2) is 7.77. The zero-order chi connectivity index (χ0) is 15.1. The van der Waals surface area contributed by atoms with Gasteiger partial charge >= 0.3 is 0 Å². The summed E-state index contributed by atoms with van der Waals surface area (Å²) in [5, 5.41) is 7.80. The minimum Gasteiger partial charge on any atom is -0.441 e. The zero-order valence-corrected chi connectivity index (χ0v) is 13.2. The van der Waals surface area contributed by atoms with Crippen LogP contribution in [0.4, 0.5) is 0 Å². The van der Waals surface area contributed by atoms with E-state index in [9.17, 15) is 0 Å². The molecule has 1 rings (SSSR count). The van der Waals surface area contributed by atoms with E-state index >= 15 is 0 Å². The number of ether oxygens (including phenoxy) is 2. The molecule has 3 nitrogen and oxygen atoms in total. The summed E-state index contributed by atoms with van der Waals surface area (Å²) in [7, 11) is 0. The Morgan fingerprint density at radius 2 is 1.60 bits per heavy atom. The Morgan fingerprint density at radius 1 is 0.950 bits per heavy atom. The summed E-state index contributed by atoms with van der Waals surface area (Å²) in [5.74, 6) is 0. The molecule has 0 amide bonds. The molecule has 0 bridgehead atoms. The second-order valence-electron chi connectivity index (χ2n) is 6.53. The van der Waals surface area contributed by atoms with Gasteiger partial charge in [-0.15, -0.1) is 0 Å². The largest absolute Gasteiger partial charge is 0.441 e. The molecular formula is C17H29O3+. The summed E-state index contributed by atoms with van der Waals surface area (Å²) in [4.78, 5) is 0. The van der Waals surface area contributed by atoms with Crippen molar-refractivity contribution in [3.8, 4) is 0 Å². The molecule has 1 aromatic carbocycles. The first kappa shape index (κ1) is 17.2. The summed E-state index contributed by atoms with van der Waals surface area (Å²) in [5.41, 5.74) is 0.587. The van der Waals surface area contributed by atoms with Crippen molar-refractivity contribution >= 4 is 0 Å². The van der Waals surface area contributed by atoms with Gasteiger partial charge in [-0.1, -0.05) is 30.3 Å². The summed E-state index contributed by atoms with van der Waals surface area (Å²) in [6, 6.07) is 10.2. The van der Waals surface area contributed by atoms with Crippen LogP contribution in [0.3, 0.4) is 0 Å². The molecule has 3 heteroatoms. The maximum atomic E-state index is 7.80. The third kappa shape index (κ3) is 8.31. The molecule has 0 saturated carbocycles. The lowest BCUT2D eigenvalue weighted by Crippen LogP contribution is -2.30. The molecule has 0 unspecified atom stereocenters. The predicted molar refractivity (Wildman–Crippen MR) is 83.1 cm³/mol. The third-order valence-electron chi connectivity index (χ3n) is 3.18. The Morgan fingerprint density at radius 3 is 2.20 bits per heavy atom. The van der Waals surface area contributed by atoms with Crippen LogP contribution in [0.25, 0.3) is 0 Å². The van der Waals surface area contributed by atoms with Gasteiger partial charge in [0.15, 0.2) is 5.60 Å². The van der Waals surface area contributed by atoms with E-state index in [0.717, 1.165) is 12.8 Å². The second-order valence-corrected chi connectivity index (χ2v) is 6.53. The summed E-state index contributed by atoms with van der Waals surface area (Å²) >= 11 is 0. The van der Waals surface area contributed by atoms with Crippen LogP contribution in [0, 0.1) is 0 Å². The van der Waals surface area contributed by atoms with Crippen LogP contribution in [0.2, 0.25) is 0 Å². The van der Waals surface area contributed by atoms with Gasteiger partial charge in [-0.05, 0) is 25.8 Å². The van der Waals surface area contributed by atoms with Crippen molar-refractivity contribution in [2.75, 3.05) is 13.2 Å². The SMILES string of the molecule is CC(C)([OH2+])CCOC(C)(C)CCOCc1ccccc1. The highest BCUT2D eigenvalue weighted by Gasteiger charge is 2.22. The van der Waals surface area contributed by atoms with Crippen LogP contribution in [0.5, 0.6) is 0 Å². The van der Waals surface area contributed by atoms with Crippen molar-refractivity contribution in [3.63, 3.8) is 0 Å². The molecule has 20 heavy (non-hydrogen) atoms. The molecule has 0 aliphatic rings. The van der Waals surface area contributed by atoms with Gasteiger partial charge in [0.2, 0.25) is 0 Å². The van der Waals surface area contributed by atoms with Crippen molar-refractivity contribution in [1.29, 1.82) is 0 Å². The highest BCUT2D eigenvalue weighted by atomic mass is 16.5. The Labute approximate surface area is 122 Å². The van der Waals surface area contributed by atoms with Crippen molar-refractivity contribution in [3.05, 3.63) is 35.9 Å². The minimum atomic E-state index is -0.417. The van der Waals surface area contributed by atoms with E-state index in [-0.39, 0.29) is 5.60 Å². The Hall–Kier alpha value is -0.900. The lowest BCUT2D eigenvalue weighted by Gasteiger charge is -2.26. The molecular weight excluding hydrogens is 252 g/mol. The number of rotatable bonds is 9. The topological polar surface area (TPSA) is 41.4 Å². The average Bonchev–Trinajstić information content (AvgIpc) is 2.34. The fourth-order valence-electron chi connectivity index (χ4n) is 1.74. The zero-order valence-electron chi connectivity index (χ0n) is 13.2. The van der Waals surface area contributed by atoms with Gasteiger partial charge in [-0.3, -0.25) is 0 Å². The standard InChI is InChI=1S/C17H28O3/c1-16(2,18)10-13-20-17(3,4)11-12-19-14-15-8-6-5-7-9-15/h5-9,18H,10-14H2,1-4H3/p+1. The van der Waals surface area contributed by atoms with Gasteiger partial charge in [0.05, 0.1) is 18.8 Å². The molecule has 0 atom stereocenters. The highest BCUT2D eigenvalue weighted by molar-refractivity contribution is 5.13. The highest BCUT2D eigenvalue weighted by Crippen LogP contribution is 2.17. The molecule has 0 radical (unpaired) electrons. The van der Waals surface area contributed by atoms with E-state index in [1.807, 2.05) is 32.0 Å². The van der Waals surface area contributed by atoms with Crippen molar-refractivity contribution in [2.24, 2.45) is 0 Å².